The van der Waals surface area contributed by atoms with Crippen LogP contribution >= 0.6 is 0 Å². The lowest BCUT2D eigenvalue weighted by molar-refractivity contribution is -0.0894. The molecule has 5 heteroatoms. The molecule has 1 fully saturated rings. The number of aliphatic hydroxyl groups excluding tert-OH is 4. The molecule has 2 radical (unpaired) electrons. The fraction of sp³-hybridized carbons (Fsp3) is 0.857. The molecule has 0 aliphatic carbocycles. The molecular weight excluding hydrogens is 164 g/mol. The number of hydrogen-bond acceptors (Lipinski definition) is 5. The van der Waals surface area contributed by atoms with Crippen molar-refractivity contribution >= 4 is 0 Å². The molecule has 70 valence electrons. The first-order chi connectivity index (χ1) is 5.55. The van der Waals surface area contributed by atoms with Gasteiger partial charge in [0, 0.05) is 6.92 Å². The Kier molecular flexibility index (Phi) is 2.70. The number of hydrogen-bond donors (Lipinski definition) is 4. The maximum absolute atomic E-state index is 9.25. The van der Waals surface area contributed by atoms with Crippen LogP contribution < -0.4 is 0 Å². The zero-order chi connectivity index (χ0) is 9.35. The Hall–Kier alpha value is -0.200. The van der Waals surface area contributed by atoms with Gasteiger partial charge in [-0.25, -0.2) is 0 Å². The molecule has 0 saturated carbocycles. The van der Waals surface area contributed by atoms with Gasteiger partial charge in [-0.2, -0.15) is 0 Å². The van der Waals surface area contributed by atoms with Crippen molar-refractivity contribution < 1.29 is 25.2 Å². The number of aliphatic hydroxyl groups is 4. The van der Waals surface area contributed by atoms with Crippen LogP contribution in [0.1, 0.15) is 0 Å². The first-order valence-electron chi connectivity index (χ1n) is 3.59. The zero-order valence-electron chi connectivity index (χ0n) is 6.42. The van der Waals surface area contributed by atoms with Crippen molar-refractivity contribution in [3.63, 3.8) is 0 Å². The minimum atomic E-state index is -1.66. The lowest BCUT2D eigenvalue weighted by atomic mass is 9.98. The molecule has 1 saturated heterocycles. The molecule has 0 bridgehead atoms. The normalized spacial score (nSPS) is 48.2. The van der Waals surface area contributed by atoms with Crippen molar-refractivity contribution in [1.82, 2.24) is 0 Å². The first kappa shape index (κ1) is 9.88. The summed E-state index contributed by atoms with van der Waals surface area (Å²) in [5.74, 6) is 0. The van der Waals surface area contributed by atoms with Gasteiger partial charge in [0.2, 0.25) is 0 Å². The molecule has 4 atom stereocenters. The molecule has 1 aliphatic heterocycles. The van der Waals surface area contributed by atoms with Crippen molar-refractivity contribution in [1.29, 1.82) is 0 Å². The van der Waals surface area contributed by atoms with Crippen LogP contribution in [0.2, 0.25) is 0 Å². The van der Waals surface area contributed by atoms with E-state index >= 15 is 0 Å². The molecule has 0 aromatic rings. The topological polar surface area (TPSA) is 90.2 Å². The summed E-state index contributed by atoms with van der Waals surface area (Å²) in [7, 11) is 0. The molecule has 0 aromatic heterocycles. The van der Waals surface area contributed by atoms with Gasteiger partial charge >= 0.3 is 0 Å². The minimum Gasteiger partial charge on any atom is -0.394 e. The van der Waals surface area contributed by atoms with Gasteiger partial charge < -0.3 is 25.2 Å². The van der Waals surface area contributed by atoms with Gasteiger partial charge in [0.25, 0.3) is 0 Å². The van der Waals surface area contributed by atoms with Gasteiger partial charge in [0.1, 0.15) is 23.9 Å². The summed E-state index contributed by atoms with van der Waals surface area (Å²) in [4.78, 5) is 0. The van der Waals surface area contributed by atoms with Crippen LogP contribution in [0, 0.1) is 6.92 Å². The molecular formula is C7H12O5. The van der Waals surface area contributed by atoms with Crippen LogP contribution in [-0.2, 0) is 4.74 Å². The summed E-state index contributed by atoms with van der Waals surface area (Å²) < 4.78 is 4.85. The Balaban J connectivity index is 2.72. The Morgan fingerprint density at radius 1 is 1.33 bits per heavy atom. The maximum atomic E-state index is 9.25. The summed E-state index contributed by atoms with van der Waals surface area (Å²) >= 11 is 0. The summed E-state index contributed by atoms with van der Waals surface area (Å²) in [5.41, 5.74) is -1.66. The van der Waals surface area contributed by atoms with Crippen LogP contribution in [-0.4, -0.2) is 57.6 Å². The van der Waals surface area contributed by atoms with Crippen molar-refractivity contribution in [3.8, 4) is 0 Å². The van der Waals surface area contributed by atoms with Crippen molar-refractivity contribution in [2.75, 3.05) is 13.2 Å². The zero-order valence-corrected chi connectivity index (χ0v) is 6.42. The predicted octanol–water partition coefficient (Wildman–Crippen LogP) is -2.46. The molecule has 5 nitrogen and oxygen atoms in total. The number of ether oxygens (including phenoxy) is 1. The van der Waals surface area contributed by atoms with Crippen LogP contribution in [0.3, 0.4) is 0 Å². The Morgan fingerprint density at radius 3 is 2.17 bits per heavy atom. The molecule has 0 amide bonds. The highest BCUT2D eigenvalue weighted by molar-refractivity contribution is 5.03. The van der Waals surface area contributed by atoms with Crippen LogP contribution in [0.4, 0.5) is 0 Å². The van der Waals surface area contributed by atoms with Gasteiger partial charge in [-0.1, -0.05) is 0 Å². The van der Waals surface area contributed by atoms with Gasteiger partial charge in [-0.15, -0.1) is 0 Å². The molecule has 1 aliphatic rings. The van der Waals surface area contributed by atoms with Crippen LogP contribution in [0.25, 0.3) is 0 Å². The second-order valence-corrected chi connectivity index (χ2v) is 2.89. The van der Waals surface area contributed by atoms with E-state index in [1.165, 1.54) is 0 Å². The Morgan fingerprint density at radius 2 is 1.92 bits per heavy atom. The van der Waals surface area contributed by atoms with E-state index in [9.17, 15) is 10.2 Å². The maximum Gasteiger partial charge on any atom is 0.124 e. The van der Waals surface area contributed by atoms with E-state index in [1.807, 2.05) is 0 Å². The Bertz CT molecular complexity index is 162. The highest BCUT2D eigenvalue weighted by atomic mass is 16.6. The monoisotopic (exact) mass is 176 g/mol. The molecule has 12 heavy (non-hydrogen) atoms. The van der Waals surface area contributed by atoms with Gasteiger partial charge in [-0.3, -0.25) is 0 Å². The largest absolute Gasteiger partial charge is 0.394 e. The SMILES string of the molecule is [CH]C1(CO)O[C@H](CO)[C@H](O)C1O. The van der Waals surface area contributed by atoms with Crippen molar-refractivity contribution in [2.45, 2.75) is 23.9 Å². The Labute approximate surface area is 70.2 Å². The lowest BCUT2D eigenvalue weighted by Crippen LogP contribution is -2.43. The lowest BCUT2D eigenvalue weighted by Gasteiger charge is -2.24. The molecule has 1 rings (SSSR count). The summed E-state index contributed by atoms with van der Waals surface area (Å²) in [6, 6.07) is 0. The van der Waals surface area contributed by atoms with Crippen molar-refractivity contribution in [3.05, 3.63) is 6.92 Å². The highest BCUT2D eigenvalue weighted by Gasteiger charge is 2.50. The third-order valence-corrected chi connectivity index (χ3v) is 2.00. The summed E-state index contributed by atoms with van der Waals surface area (Å²) in [6.45, 7) is 4.31. The predicted molar refractivity (Wildman–Crippen MR) is 38.1 cm³/mol. The fourth-order valence-corrected chi connectivity index (χ4v) is 1.19. The average molecular weight is 176 g/mol. The van der Waals surface area contributed by atoms with E-state index < -0.39 is 37.1 Å². The first-order valence-corrected chi connectivity index (χ1v) is 3.59. The van der Waals surface area contributed by atoms with E-state index in [1.54, 1.807) is 0 Å². The van der Waals surface area contributed by atoms with Crippen LogP contribution in [0.5, 0.6) is 0 Å². The second kappa shape index (κ2) is 3.27. The molecule has 2 unspecified atom stereocenters. The molecule has 0 aromatic carbocycles. The van der Waals surface area contributed by atoms with E-state index in [0.29, 0.717) is 0 Å². The van der Waals surface area contributed by atoms with Crippen molar-refractivity contribution in [2.24, 2.45) is 0 Å². The van der Waals surface area contributed by atoms with Gasteiger partial charge in [-0.05, 0) is 0 Å². The third kappa shape index (κ3) is 1.34. The fourth-order valence-electron chi connectivity index (χ4n) is 1.19. The van der Waals surface area contributed by atoms with E-state index in [0.717, 1.165) is 0 Å². The average Bonchev–Trinajstić information content (AvgIpc) is 2.31. The molecule has 0 spiro atoms. The van der Waals surface area contributed by atoms with Crippen LogP contribution in [0.15, 0.2) is 0 Å². The van der Waals surface area contributed by atoms with E-state index in [-0.39, 0.29) is 0 Å². The smallest absolute Gasteiger partial charge is 0.124 e. The highest BCUT2D eigenvalue weighted by Crippen LogP contribution is 2.29. The summed E-state index contributed by atoms with van der Waals surface area (Å²) in [6.07, 6.45) is -3.57. The number of rotatable bonds is 2. The second-order valence-electron chi connectivity index (χ2n) is 2.89. The van der Waals surface area contributed by atoms with E-state index in [4.69, 9.17) is 21.9 Å². The van der Waals surface area contributed by atoms with Gasteiger partial charge in [0.05, 0.1) is 13.2 Å². The van der Waals surface area contributed by atoms with Gasteiger partial charge in [0.15, 0.2) is 0 Å². The third-order valence-electron chi connectivity index (χ3n) is 2.00. The standard InChI is InChI=1S/C7H12O5/c1-7(3-9)6(11)5(10)4(2-8)12-7/h1,4-6,8-11H,2-3H2/t4-,5+,6?,7?/m1/s1. The molecule has 4 N–H and O–H groups in total. The summed E-state index contributed by atoms with van der Waals surface area (Å²) in [5, 5.41) is 35.8. The molecule has 1 heterocycles. The van der Waals surface area contributed by atoms with E-state index in [2.05, 4.69) is 0 Å². The quantitative estimate of drug-likeness (QED) is 0.375. The minimum absolute atomic E-state index is 0.447.